The minimum atomic E-state index is 0.0133. The molecule has 1 rings (SSSR count). The molecule has 0 bridgehead atoms. The molecule has 66 valence electrons. The quantitative estimate of drug-likeness (QED) is 0.662. The van der Waals surface area contributed by atoms with E-state index in [0.29, 0.717) is 5.92 Å². The highest BCUT2D eigenvalue weighted by Crippen LogP contribution is 2.32. The monoisotopic (exact) mass is 175 g/mol. The van der Waals surface area contributed by atoms with Crippen molar-refractivity contribution < 1.29 is 5.11 Å². The summed E-state index contributed by atoms with van der Waals surface area (Å²) in [6.45, 7) is 5.52. The maximum Gasteiger partial charge on any atom is 0.0624 e. The highest BCUT2D eigenvalue weighted by atomic mass is 32.2. The molecule has 2 nitrogen and oxygen atoms in total. The number of likely N-dealkylation sites (N-methyl/N-ethyl adjacent to an activating group) is 1. The molecule has 0 spiro atoms. The van der Waals surface area contributed by atoms with Crippen molar-refractivity contribution in [2.24, 2.45) is 5.92 Å². The first kappa shape index (κ1) is 9.36. The second-order valence-electron chi connectivity index (χ2n) is 3.26. The van der Waals surface area contributed by atoms with Crippen LogP contribution in [0.25, 0.3) is 0 Å². The van der Waals surface area contributed by atoms with Crippen LogP contribution in [0.5, 0.6) is 0 Å². The lowest BCUT2D eigenvalue weighted by molar-refractivity contribution is 0.147. The van der Waals surface area contributed by atoms with Gasteiger partial charge in [0.15, 0.2) is 0 Å². The number of aliphatic hydroxyl groups is 1. The van der Waals surface area contributed by atoms with Gasteiger partial charge >= 0.3 is 0 Å². The van der Waals surface area contributed by atoms with Crippen LogP contribution in [0.2, 0.25) is 0 Å². The largest absolute Gasteiger partial charge is 0.394 e. The Hall–Kier alpha value is 0.270. The first-order valence-electron chi connectivity index (χ1n) is 4.19. The van der Waals surface area contributed by atoms with Crippen LogP contribution in [0, 0.1) is 5.92 Å². The number of nitrogens with one attached hydrogen (secondary N) is 1. The Morgan fingerprint density at radius 2 is 2.45 bits per heavy atom. The average molecular weight is 175 g/mol. The third-order valence-electron chi connectivity index (χ3n) is 2.48. The number of hydrogen-bond donors (Lipinski definition) is 2. The van der Waals surface area contributed by atoms with Crippen LogP contribution in [0.3, 0.4) is 0 Å². The van der Waals surface area contributed by atoms with Crippen LogP contribution < -0.4 is 5.32 Å². The van der Waals surface area contributed by atoms with Crippen molar-refractivity contribution in [3.8, 4) is 0 Å². The summed E-state index contributed by atoms with van der Waals surface area (Å²) in [5, 5.41) is 12.6. The van der Waals surface area contributed by atoms with Gasteiger partial charge in [-0.05, 0) is 18.2 Å². The van der Waals surface area contributed by atoms with Gasteiger partial charge in [-0.2, -0.15) is 11.8 Å². The van der Waals surface area contributed by atoms with Crippen molar-refractivity contribution in [1.29, 1.82) is 0 Å². The molecule has 0 aromatic rings. The lowest BCUT2D eigenvalue weighted by Gasteiger charge is -2.31. The van der Waals surface area contributed by atoms with Gasteiger partial charge in [0.25, 0.3) is 0 Å². The molecule has 0 aromatic carbocycles. The zero-order chi connectivity index (χ0) is 8.32. The zero-order valence-corrected chi connectivity index (χ0v) is 8.08. The molecule has 1 fully saturated rings. The van der Waals surface area contributed by atoms with Crippen LogP contribution >= 0.6 is 11.8 Å². The topological polar surface area (TPSA) is 32.3 Å². The fourth-order valence-corrected chi connectivity index (χ4v) is 3.19. The van der Waals surface area contributed by atoms with Crippen molar-refractivity contribution >= 4 is 11.8 Å². The smallest absolute Gasteiger partial charge is 0.0624 e. The average Bonchev–Trinajstić information content (AvgIpc) is 2.35. The summed E-state index contributed by atoms with van der Waals surface area (Å²) < 4.78 is 0. The van der Waals surface area contributed by atoms with Gasteiger partial charge in [0, 0.05) is 5.75 Å². The van der Waals surface area contributed by atoms with E-state index in [9.17, 15) is 5.11 Å². The Bertz CT molecular complexity index is 131. The third kappa shape index (κ3) is 1.71. The van der Waals surface area contributed by atoms with Crippen LogP contribution in [0.15, 0.2) is 0 Å². The van der Waals surface area contributed by atoms with Crippen molar-refractivity contribution in [1.82, 2.24) is 5.32 Å². The molecule has 0 radical (unpaired) electrons. The molecular weight excluding hydrogens is 158 g/mol. The van der Waals surface area contributed by atoms with Gasteiger partial charge in [-0.15, -0.1) is 0 Å². The van der Waals surface area contributed by atoms with Gasteiger partial charge < -0.3 is 10.4 Å². The minimum Gasteiger partial charge on any atom is -0.394 e. The van der Waals surface area contributed by atoms with E-state index in [1.165, 1.54) is 5.75 Å². The summed E-state index contributed by atoms with van der Waals surface area (Å²) in [6, 6.07) is 0. The molecule has 1 aliphatic rings. The molecule has 1 heterocycles. The van der Waals surface area contributed by atoms with Crippen LogP contribution in [-0.4, -0.2) is 35.3 Å². The maximum absolute atomic E-state index is 9.24. The van der Waals surface area contributed by atoms with Crippen LogP contribution in [0.4, 0.5) is 0 Å². The van der Waals surface area contributed by atoms with E-state index in [-0.39, 0.29) is 12.1 Å². The van der Waals surface area contributed by atoms with E-state index in [1.54, 1.807) is 0 Å². The molecule has 2 unspecified atom stereocenters. The van der Waals surface area contributed by atoms with E-state index < -0.39 is 0 Å². The Balaban J connectivity index is 2.57. The molecular formula is C8H17NOS. The molecule has 0 aromatic heterocycles. The second kappa shape index (κ2) is 3.78. The minimum absolute atomic E-state index is 0.0133. The predicted molar refractivity (Wildman–Crippen MR) is 50.0 cm³/mol. The Morgan fingerprint density at radius 1 is 1.73 bits per heavy atom. The molecule has 2 N–H and O–H groups in total. The van der Waals surface area contributed by atoms with Crippen molar-refractivity contribution in [2.75, 3.05) is 24.7 Å². The molecule has 2 atom stereocenters. The first-order chi connectivity index (χ1) is 5.25. The molecule has 1 aliphatic heterocycles. The number of thioether (sulfide) groups is 1. The van der Waals surface area contributed by atoms with Crippen LogP contribution in [0.1, 0.15) is 13.8 Å². The molecule has 11 heavy (non-hydrogen) atoms. The van der Waals surface area contributed by atoms with Gasteiger partial charge in [0.05, 0.1) is 12.1 Å². The summed E-state index contributed by atoms with van der Waals surface area (Å²) in [5.74, 6) is 2.82. The Morgan fingerprint density at radius 3 is 2.82 bits per heavy atom. The standard InChI is InChI=1S/C8H17NOS/c1-3-9-8(5-10)6-11-4-7(8)2/h7,9-10H,3-6H2,1-2H3. The summed E-state index contributed by atoms with van der Waals surface area (Å²) >= 11 is 1.93. The van der Waals surface area contributed by atoms with E-state index in [2.05, 4.69) is 19.2 Å². The molecule has 0 aliphatic carbocycles. The lowest BCUT2D eigenvalue weighted by atomic mass is 9.89. The van der Waals surface area contributed by atoms with Crippen LogP contribution in [-0.2, 0) is 0 Å². The molecule has 3 heteroatoms. The van der Waals surface area contributed by atoms with Crippen molar-refractivity contribution in [2.45, 2.75) is 19.4 Å². The van der Waals surface area contributed by atoms with E-state index >= 15 is 0 Å². The highest BCUT2D eigenvalue weighted by molar-refractivity contribution is 7.99. The molecule has 1 saturated heterocycles. The van der Waals surface area contributed by atoms with Gasteiger partial charge in [0.2, 0.25) is 0 Å². The van der Waals surface area contributed by atoms with E-state index in [0.717, 1.165) is 12.3 Å². The fourth-order valence-electron chi connectivity index (χ4n) is 1.55. The van der Waals surface area contributed by atoms with Gasteiger partial charge in [-0.3, -0.25) is 0 Å². The summed E-state index contributed by atoms with van der Waals surface area (Å²) in [6.07, 6.45) is 0. The van der Waals surface area contributed by atoms with Gasteiger partial charge in [-0.25, -0.2) is 0 Å². The second-order valence-corrected chi connectivity index (χ2v) is 4.29. The predicted octanol–water partition coefficient (Wildman–Crippen LogP) is 0.710. The summed E-state index contributed by atoms with van der Waals surface area (Å²) in [7, 11) is 0. The van der Waals surface area contributed by atoms with Gasteiger partial charge in [0.1, 0.15) is 0 Å². The van der Waals surface area contributed by atoms with Crippen molar-refractivity contribution in [3.05, 3.63) is 0 Å². The SMILES string of the molecule is CCNC1(CO)CSCC1C. The normalized spacial score (nSPS) is 37.9. The fraction of sp³-hybridized carbons (Fsp3) is 1.00. The van der Waals surface area contributed by atoms with E-state index in [4.69, 9.17) is 0 Å². The number of hydrogen-bond acceptors (Lipinski definition) is 3. The Kier molecular flexibility index (Phi) is 3.22. The van der Waals surface area contributed by atoms with Gasteiger partial charge in [-0.1, -0.05) is 13.8 Å². The molecule has 0 amide bonds. The number of rotatable bonds is 3. The summed E-state index contributed by atoms with van der Waals surface area (Å²) in [4.78, 5) is 0. The highest BCUT2D eigenvalue weighted by Gasteiger charge is 2.39. The zero-order valence-electron chi connectivity index (χ0n) is 7.26. The van der Waals surface area contributed by atoms with E-state index in [1.807, 2.05) is 11.8 Å². The maximum atomic E-state index is 9.24. The lowest BCUT2D eigenvalue weighted by Crippen LogP contribution is -2.53. The Labute approximate surface area is 72.8 Å². The first-order valence-corrected chi connectivity index (χ1v) is 5.34. The van der Waals surface area contributed by atoms with Crippen molar-refractivity contribution in [3.63, 3.8) is 0 Å². The number of aliphatic hydroxyl groups excluding tert-OH is 1. The molecule has 0 saturated carbocycles. The summed E-state index contributed by atoms with van der Waals surface area (Å²) in [5.41, 5.74) is 0.0133. The third-order valence-corrected chi connectivity index (χ3v) is 3.94.